The summed E-state index contributed by atoms with van der Waals surface area (Å²) in [6.07, 6.45) is 1.52. The summed E-state index contributed by atoms with van der Waals surface area (Å²) in [7, 11) is 2.09. The first-order valence-corrected chi connectivity index (χ1v) is 9.62. The Labute approximate surface area is 156 Å². The lowest BCUT2D eigenvalue weighted by molar-refractivity contribution is -0.138. The van der Waals surface area contributed by atoms with Gasteiger partial charge in [0, 0.05) is 45.2 Å². The Balaban J connectivity index is 1.45. The van der Waals surface area contributed by atoms with Gasteiger partial charge in [-0.3, -0.25) is 4.79 Å². The van der Waals surface area contributed by atoms with Crippen molar-refractivity contribution in [3.8, 4) is 0 Å². The van der Waals surface area contributed by atoms with Gasteiger partial charge in [0.15, 0.2) is 0 Å². The topological polar surface area (TPSA) is 55.9 Å². The summed E-state index contributed by atoms with van der Waals surface area (Å²) >= 11 is 0. The number of urea groups is 1. The molecule has 0 aliphatic carbocycles. The van der Waals surface area contributed by atoms with Gasteiger partial charge >= 0.3 is 6.03 Å². The number of carbonyl (C=O) groups is 2. The Morgan fingerprint density at radius 1 is 0.962 bits per heavy atom. The van der Waals surface area contributed by atoms with Crippen molar-refractivity contribution in [3.63, 3.8) is 0 Å². The van der Waals surface area contributed by atoms with Crippen LogP contribution in [0.2, 0.25) is 0 Å². The van der Waals surface area contributed by atoms with E-state index in [0.717, 1.165) is 44.6 Å². The molecule has 26 heavy (non-hydrogen) atoms. The molecule has 1 N–H and O–H groups in total. The Kier molecular flexibility index (Phi) is 6.14. The molecule has 1 aromatic carbocycles. The predicted octanol–water partition coefficient (Wildman–Crippen LogP) is 1.94. The lowest BCUT2D eigenvalue weighted by Crippen LogP contribution is -2.51. The molecule has 142 valence electrons. The fraction of sp³-hybridized carbons (Fsp3) is 0.600. The van der Waals surface area contributed by atoms with E-state index in [0.29, 0.717) is 13.1 Å². The largest absolute Gasteiger partial charge is 0.340 e. The van der Waals surface area contributed by atoms with Gasteiger partial charge < -0.3 is 20.0 Å². The number of hydrogen-bond donors (Lipinski definition) is 1. The van der Waals surface area contributed by atoms with Crippen molar-refractivity contribution in [2.45, 2.75) is 25.8 Å². The first-order chi connectivity index (χ1) is 12.5. The van der Waals surface area contributed by atoms with Crippen LogP contribution in [0.25, 0.3) is 0 Å². The van der Waals surface area contributed by atoms with Crippen molar-refractivity contribution in [1.82, 2.24) is 20.0 Å². The zero-order valence-corrected chi connectivity index (χ0v) is 15.9. The molecule has 1 aromatic rings. The van der Waals surface area contributed by atoms with Crippen molar-refractivity contribution in [2.75, 3.05) is 46.3 Å². The van der Waals surface area contributed by atoms with Crippen molar-refractivity contribution in [1.29, 1.82) is 0 Å². The van der Waals surface area contributed by atoms with E-state index in [9.17, 15) is 9.59 Å². The number of nitrogens with zero attached hydrogens (tertiary/aromatic N) is 3. The minimum atomic E-state index is -0.0353. The molecule has 0 saturated carbocycles. The van der Waals surface area contributed by atoms with Crippen molar-refractivity contribution in [2.24, 2.45) is 5.92 Å². The summed E-state index contributed by atoms with van der Waals surface area (Å²) in [5.74, 6) is 0.338. The first kappa shape index (κ1) is 18.7. The third-order valence-corrected chi connectivity index (χ3v) is 5.59. The molecular formula is C20H30N4O2. The summed E-state index contributed by atoms with van der Waals surface area (Å²) in [6.45, 7) is 6.84. The Morgan fingerprint density at radius 2 is 1.58 bits per heavy atom. The van der Waals surface area contributed by atoms with Crippen LogP contribution in [0.15, 0.2) is 30.3 Å². The van der Waals surface area contributed by atoms with E-state index in [-0.39, 0.29) is 23.9 Å². The molecule has 6 nitrogen and oxygen atoms in total. The van der Waals surface area contributed by atoms with E-state index in [1.807, 2.05) is 47.1 Å². The Morgan fingerprint density at radius 3 is 2.19 bits per heavy atom. The highest BCUT2D eigenvalue weighted by atomic mass is 16.2. The van der Waals surface area contributed by atoms with Gasteiger partial charge in [-0.05, 0) is 32.4 Å². The maximum Gasteiger partial charge on any atom is 0.317 e. The predicted molar refractivity (Wildman–Crippen MR) is 102 cm³/mol. The molecule has 2 heterocycles. The van der Waals surface area contributed by atoms with Crippen LogP contribution in [0, 0.1) is 5.92 Å². The van der Waals surface area contributed by atoms with Crippen LogP contribution in [-0.4, -0.2) is 73.0 Å². The summed E-state index contributed by atoms with van der Waals surface area (Å²) in [6, 6.07) is 9.92. The number of carbonyl (C=O) groups excluding carboxylic acids is 2. The van der Waals surface area contributed by atoms with Crippen LogP contribution in [-0.2, 0) is 4.79 Å². The maximum atomic E-state index is 12.7. The molecule has 2 aliphatic rings. The van der Waals surface area contributed by atoms with Crippen molar-refractivity contribution >= 4 is 11.9 Å². The van der Waals surface area contributed by atoms with Crippen LogP contribution < -0.4 is 5.32 Å². The lowest BCUT2D eigenvalue weighted by Gasteiger charge is -2.37. The number of rotatable bonds is 3. The zero-order valence-electron chi connectivity index (χ0n) is 15.9. The van der Waals surface area contributed by atoms with E-state index >= 15 is 0 Å². The first-order valence-electron chi connectivity index (χ1n) is 9.62. The number of piperidine rings is 1. The van der Waals surface area contributed by atoms with Gasteiger partial charge in [0.2, 0.25) is 5.91 Å². The van der Waals surface area contributed by atoms with E-state index in [2.05, 4.69) is 17.3 Å². The molecule has 3 amide bonds. The summed E-state index contributed by atoms with van der Waals surface area (Å²) in [4.78, 5) is 31.3. The van der Waals surface area contributed by atoms with E-state index in [4.69, 9.17) is 0 Å². The number of likely N-dealkylation sites (tertiary alicyclic amines) is 1. The summed E-state index contributed by atoms with van der Waals surface area (Å²) < 4.78 is 0. The smallest absolute Gasteiger partial charge is 0.317 e. The Hall–Kier alpha value is -2.08. The average molecular weight is 358 g/mol. The van der Waals surface area contributed by atoms with E-state index in [1.54, 1.807) is 0 Å². The fourth-order valence-corrected chi connectivity index (χ4v) is 3.72. The van der Waals surface area contributed by atoms with Crippen molar-refractivity contribution < 1.29 is 9.59 Å². The standard InChI is InChI=1S/C20H30N4O2/c1-16(17-6-4-3-5-7-17)21-20(26)24-10-8-18(9-11-24)19(25)23-14-12-22(2)13-15-23/h3-7,16,18H,8-15H2,1-2H3,(H,21,26)/t16-/m1/s1. The molecule has 3 rings (SSSR count). The van der Waals surface area contributed by atoms with Gasteiger partial charge in [-0.15, -0.1) is 0 Å². The van der Waals surface area contributed by atoms with Gasteiger partial charge in [0.1, 0.15) is 0 Å². The molecule has 6 heteroatoms. The van der Waals surface area contributed by atoms with Gasteiger partial charge in [-0.2, -0.15) is 0 Å². The molecule has 0 aromatic heterocycles. The van der Waals surface area contributed by atoms with Gasteiger partial charge in [-0.25, -0.2) is 4.79 Å². The van der Waals surface area contributed by atoms with Gasteiger partial charge in [-0.1, -0.05) is 30.3 Å². The van der Waals surface area contributed by atoms with Crippen LogP contribution in [0.1, 0.15) is 31.4 Å². The SMILES string of the molecule is C[C@@H](NC(=O)N1CCC(C(=O)N2CCN(C)CC2)CC1)c1ccccc1. The quantitative estimate of drug-likeness (QED) is 0.898. The summed E-state index contributed by atoms with van der Waals surface area (Å²) in [5.41, 5.74) is 1.10. The fourth-order valence-electron chi connectivity index (χ4n) is 3.72. The zero-order chi connectivity index (χ0) is 18.5. The number of amides is 3. The van der Waals surface area contributed by atoms with E-state index < -0.39 is 0 Å². The number of piperazine rings is 1. The number of likely N-dealkylation sites (N-methyl/N-ethyl adjacent to an activating group) is 1. The second kappa shape index (κ2) is 8.54. The molecular weight excluding hydrogens is 328 g/mol. The second-order valence-electron chi connectivity index (χ2n) is 7.47. The lowest BCUT2D eigenvalue weighted by atomic mass is 9.95. The maximum absolute atomic E-state index is 12.7. The summed E-state index contributed by atoms with van der Waals surface area (Å²) in [5, 5.41) is 3.06. The molecule has 0 spiro atoms. The van der Waals surface area contributed by atoms with Crippen LogP contribution in [0.3, 0.4) is 0 Å². The number of hydrogen-bond acceptors (Lipinski definition) is 3. The highest BCUT2D eigenvalue weighted by Crippen LogP contribution is 2.21. The van der Waals surface area contributed by atoms with Gasteiger partial charge in [0.25, 0.3) is 0 Å². The molecule has 2 fully saturated rings. The third-order valence-electron chi connectivity index (χ3n) is 5.59. The van der Waals surface area contributed by atoms with Gasteiger partial charge in [0.05, 0.1) is 6.04 Å². The number of benzene rings is 1. The van der Waals surface area contributed by atoms with E-state index in [1.165, 1.54) is 0 Å². The average Bonchev–Trinajstić information content (AvgIpc) is 2.69. The molecule has 2 aliphatic heterocycles. The number of nitrogens with one attached hydrogen (secondary N) is 1. The Bertz CT molecular complexity index is 605. The minimum absolute atomic E-state index is 0.0200. The highest BCUT2D eigenvalue weighted by molar-refractivity contribution is 5.80. The van der Waals surface area contributed by atoms with Crippen molar-refractivity contribution in [3.05, 3.63) is 35.9 Å². The van der Waals surface area contributed by atoms with Crippen LogP contribution >= 0.6 is 0 Å². The minimum Gasteiger partial charge on any atom is -0.340 e. The molecule has 1 atom stereocenters. The molecule has 0 unspecified atom stereocenters. The second-order valence-corrected chi connectivity index (χ2v) is 7.47. The van der Waals surface area contributed by atoms with Crippen LogP contribution in [0.5, 0.6) is 0 Å². The molecule has 0 bridgehead atoms. The monoisotopic (exact) mass is 358 g/mol. The normalized spacial score (nSPS) is 20.7. The third kappa shape index (κ3) is 4.55. The highest BCUT2D eigenvalue weighted by Gasteiger charge is 2.31. The molecule has 2 saturated heterocycles. The van der Waals surface area contributed by atoms with Crippen LogP contribution in [0.4, 0.5) is 4.79 Å². The molecule has 0 radical (unpaired) electrons.